The normalized spacial score (nSPS) is 9.12. The monoisotopic (exact) mass is 112 g/mol. The zero-order valence-corrected chi connectivity index (χ0v) is 4.29. The fourth-order valence-electron chi connectivity index (χ4n) is 0.369. The number of nitroso groups, excluding NO2 is 1. The summed E-state index contributed by atoms with van der Waals surface area (Å²) in [5.41, 5.74) is 0.667. The lowest BCUT2D eigenvalue weighted by Gasteiger charge is -1.72. The molecular weight excluding hydrogens is 108 g/mol. The standard InChI is InChI=1S/C4H4N2O2/c1-3-2-8-6-4(3)5-7/h2H,1H3. The van der Waals surface area contributed by atoms with Crippen molar-refractivity contribution in [2.45, 2.75) is 6.92 Å². The second-order valence-electron chi connectivity index (χ2n) is 1.41. The number of hydrogen-bond acceptors (Lipinski definition) is 4. The van der Waals surface area contributed by atoms with Gasteiger partial charge >= 0.3 is 0 Å². The van der Waals surface area contributed by atoms with Crippen molar-refractivity contribution < 1.29 is 4.52 Å². The molecule has 0 atom stereocenters. The van der Waals surface area contributed by atoms with Crippen molar-refractivity contribution in [2.75, 3.05) is 0 Å². The van der Waals surface area contributed by atoms with Gasteiger partial charge in [0, 0.05) is 5.56 Å². The molecule has 1 aromatic rings. The first kappa shape index (κ1) is 4.96. The molecule has 0 unspecified atom stereocenters. The van der Waals surface area contributed by atoms with Crippen LogP contribution in [-0.4, -0.2) is 5.16 Å². The molecule has 0 aliphatic heterocycles. The van der Waals surface area contributed by atoms with Crippen LogP contribution in [0.4, 0.5) is 5.82 Å². The lowest BCUT2D eigenvalue weighted by molar-refractivity contribution is 0.421. The summed E-state index contributed by atoms with van der Waals surface area (Å²) in [5, 5.41) is 5.86. The average Bonchev–Trinajstić information content (AvgIpc) is 2.14. The summed E-state index contributed by atoms with van der Waals surface area (Å²) in [6, 6.07) is 0. The van der Waals surface area contributed by atoms with Crippen molar-refractivity contribution in [1.29, 1.82) is 0 Å². The summed E-state index contributed by atoms with van der Waals surface area (Å²) in [6.07, 6.45) is 1.37. The molecule has 0 amide bonds. The molecule has 0 aromatic carbocycles. The summed E-state index contributed by atoms with van der Waals surface area (Å²) in [6.45, 7) is 1.70. The molecule has 42 valence electrons. The zero-order chi connectivity index (χ0) is 5.98. The second kappa shape index (κ2) is 1.73. The molecule has 0 aliphatic carbocycles. The summed E-state index contributed by atoms with van der Waals surface area (Å²) in [4.78, 5) is 9.72. The van der Waals surface area contributed by atoms with Gasteiger partial charge in [0.1, 0.15) is 6.26 Å². The smallest absolute Gasteiger partial charge is 0.241 e. The lowest BCUT2D eigenvalue weighted by Crippen LogP contribution is -1.61. The molecule has 8 heavy (non-hydrogen) atoms. The topological polar surface area (TPSA) is 55.5 Å². The minimum atomic E-state index is 0.130. The van der Waals surface area contributed by atoms with E-state index in [-0.39, 0.29) is 5.82 Å². The third kappa shape index (κ3) is 0.598. The van der Waals surface area contributed by atoms with Crippen LogP contribution >= 0.6 is 0 Å². The maximum atomic E-state index is 9.72. The van der Waals surface area contributed by atoms with Gasteiger partial charge in [0.2, 0.25) is 5.82 Å². The van der Waals surface area contributed by atoms with Crippen molar-refractivity contribution in [3.8, 4) is 0 Å². The van der Waals surface area contributed by atoms with E-state index in [1.807, 2.05) is 0 Å². The molecule has 0 fully saturated rings. The SMILES string of the molecule is Cc1conc1N=O. The first-order chi connectivity index (χ1) is 3.84. The molecule has 0 saturated heterocycles. The van der Waals surface area contributed by atoms with Crippen LogP contribution in [0.2, 0.25) is 0 Å². The van der Waals surface area contributed by atoms with Gasteiger partial charge in [-0.3, -0.25) is 0 Å². The van der Waals surface area contributed by atoms with Crippen molar-refractivity contribution in [3.63, 3.8) is 0 Å². The van der Waals surface area contributed by atoms with E-state index in [0.29, 0.717) is 5.56 Å². The van der Waals surface area contributed by atoms with Crippen molar-refractivity contribution in [1.82, 2.24) is 5.16 Å². The van der Waals surface area contributed by atoms with Gasteiger partial charge in [-0.25, -0.2) is 0 Å². The van der Waals surface area contributed by atoms with E-state index in [1.165, 1.54) is 6.26 Å². The van der Waals surface area contributed by atoms with Crippen LogP contribution in [0.3, 0.4) is 0 Å². The maximum absolute atomic E-state index is 9.72. The van der Waals surface area contributed by atoms with Gasteiger partial charge in [0.15, 0.2) is 0 Å². The minimum Gasteiger partial charge on any atom is -0.362 e. The second-order valence-corrected chi connectivity index (χ2v) is 1.41. The minimum absolute atomic E-state index is 0.130. The van der Waals surface area contributed by atoms with E-state index in [0.717, 1.165) is 0 Å². The quantitative estimate of drug-likeness (QED) is 0.515. The van der Waals surface area contributed by atoms with Crippen LogP contribution in [0.5, 0.6) is 0 Å². The Bertz CT molecular complexity index is 194. The Morgan fingerprint density at radius 1 is 1.88 bits per heavy atom. The van der Waals surface area contributed by atoms with Crippen LogP contribution in [0, 0.1) is 11.8 Å². The Morgan fingerprint density at radius 3 is 2.88 bits per heavy atom. The van der Waals surface area contributed by atoms with E-state index in [4.69, 9.17) is 0 Å². The number of hydrogen-bond donors (Lipinski definition) is 0. The average molecular weight is 112 g/mol. The Balaban J connectivity index is 3.09. The zero-order valence-electron chi connectivity index (χ0n) is 4.29. The maximum Gasteiger partial charge on any atom is 0.241 e. The summed E-state index contributed by atoms with van der Waals surface area (Å²) < 4.78 is 4.39. The summed E-state index contributed by atoms with van der Waals surface area (Å²) in [7, 11) is 0. The van der Waals surface area contributed by atoms with Crippen molar-refractivity contribution in [2.24, 2.45) is 5.18 Å². The molecule has 0 bridgehead atoms. The Kier molecular flexibility index (Phi) is 1.07. The lowest BCUT2D eigenvalue weighted by atomic mass is 10.4. The Morgan fingerprint density at radius 2 is 2.62 bits per heavy atom. The van der Waals surface area contributed by atoms with Crippen LogP contribution < -0.4 is 0 Å². The summed E-state index contributed by atoms with van der Waals surface area (Å²) in [5.74, 6) is 0.130. The fourth-order valence-corrected chi connectivity index (χ4v) is 0.369. The van der Waals surface area contributed by atoms with Gasteiger partial charge < -0.3 is 4.52 Å². The third-order valence-electron chi connectivity index (χ3n) is 0.808. The Labute approximate surface area is 45.5 Å². The molecule has 4 nitrogen and oxygen atoms in total. The molecule has 0 N–H and O–H groups in total. The molecule has 4 heteroatoms. The molecular formula is C4H4N2O2. The van der Waals surface area contributed by atoms with Crippen molar-refractivity contribution >= 4 is 5.82 Å². The highest BCUT2D eigenvalue weighted by Gasteiger charge is 1.99. The van der Waals surface area contributed by atoms with Crippen LogP contribution in [-0.2, 0) is 0 Å². The number of nitrogens with zero attached hydrogens (tertiary/aromatic N) is 2. The predicted molar refractivity (Wildman–Crippen MR) is 26.7 cm³/mol. The van der Waals surface area contributed by atoms with Gasteiger partial charge in [-0.1, -0.05) is 5.16 Å². The molecule has 1 rings (SSSR count). The third-order valence-corrected chi connectivity index (χ3v) is 0.808. The highest BCUT2D eigenvalue weighted by Crippen LogP contribution is 2.12. The van der Waals surface area contributed by atoms with Gasteiger partial charge in [0.25, 0.3) is 0 Å². The van der Waals surface area contributed by atoms with E-state index < -0.39 is 0 Å². The fraction of sp³-hybridized carbons (Fsp3) is 0.250. The number of rotatable bonds is 1. The van der Waals surface area contributed by atoms with E-state index in [1.54, 1.807) is 6.92 Å². The molecule has 0 aliphatic rings. The highest BCUT2D eigenvalue weighted by molar-refractivity contribution is 5.32. The molecule has 1 heterocycles. The predicted octanol–water partition coefficient (Wildman–Crippen LogP) is 1.38. The van der Waals surface area contributed by atoms with Crippen molar-refractivity contribution in [3.05, 3.63) is 16.7 Å². The molecule has 0 saturated carbocycles. The molecule has 1 aromatic heterocycles. The van der Waals surface area contributed by atoms with Gasteiger partial charge in [-0.2, -0.15) is 0 Å². The van der Waals surface area contributed by atoms with Crippen LogP contribution in [0.15, 0.2) is 16.0 Å². The number of aromatic nitrogens is 1. The van der Waals surface area contributed by atoms with Gasteiger partial charge in [0.05, 0.1) is 0 Å². The highest BCUT2D eigenvalue weighted by atomic mass is 16.5. The van der Waals surface area contributed by atoms with Crippen LogP contribution in [0.1, 0.15) is 5.56 Å². The first-order valence-corrected chi connectivity index (χ1v) is 2.09. The molecule has 0 radical (unpaired) electrons. The van der Waals surface area contributed by atoms with Gasteiger partial charge in [-0.15, -0.1) is 4.91 Å². The van der Waals surface area contributed by atoms with E-state index >= 15 is 0 Å². The van der Waals surface area contributed by atoms with Gasteiger partial charge in [-0.05, 0) is 12.1 Å². The first-order valence-electron chi connectivity index (χ1n) is 2.09. The van der Waals surface area contributed by atoms with E-state index in [2.05, 4.69) is 14.9 Å². The number of aryl methyl sites for hydroxylation is 1. The molecule has 0 spiro atoms. The van der Waals surface area contributed by atoms with Crippen LogP contribution in [0.25, 0.3) is 0 Å². The largest absolute Gasteiger partial charge is 0.362 e. The van der Waals surface area contributed by atoms with E-state index in [9.17, 15) is 4.91 Å². The Hall–Kier alpha value is -1.19. The summed E-state index contributed by atoms with van der Waals surface area (Å²) >= 11 is 0.